The summed E-state index contributed by atoms with van der Waals surface area (Å²) in [5.41, 5.74) is -5.71. The van der Waals surface area contributed by atoms with E-state index in [1.807, 2.05) is 0 Å². The van der Waals surface area contributed by atoms with Crippen molar-refractivity contribution < 1.29 is 86.7 Å². The van der Waals surface area contributed by atoms with Crippen LogP contribution in [0.15, 0.2) is 0 Å². The van der Waals surface area contributed by atoms with E-state index in [1.165, 1.54) is 0 Å². The minimum atomic E-state index is -2.97. The molecule has 5 N–H and O–H groups in total. The maximum absolute atomic E-state index is 10.3. The average Bonchev–Trinajstić information content (AvgIpc) is 2.34. The van der Waals surface area contributed by atoms with Crippen molar-refractivity contribution in [3.8, 4) is 0 Å². The Hall–Kier alpha value is -2.74. The molecule has 0 unspecified atom stereocenters. The molecule has 0 aliphatic rings. The van der Waals surface area contributed by atoms with Gasteiger partial charge < -0.3 is 55.2 Å². The van der Waals surface area contributed by atoms with Gasteiger partial charge in [0.15, 0.2) is 5.60 Å². The van der Waals surface area contributed by atoms with Crippen LogP contribution in [0.3, 0.4) is 0 Å². The smallest absolute Gasteiger partial charge is 0.550 e. The summed E-state index contributed by atoms with van der Waals surface area (Å²) in [6.07, 6.45) is -5.00. The Balaban J connectivity index is -0.000000411. The largest absolute Gasteiger partial charge is 3.00 e. The van der Waals surface area contributed by atoms with E-state index >= 15 is 0 Å². The second-order valence-corrected chi connectivity index (χ2v) is 4.89. The molecule has 0 amide bonds. The zero-order chi connectivity index (χ0) is 21.3. The number of carboxylic acids is 6. The van der Waals surface area contributed by atoms with Crippen molar-refractivity contribution in [3.63, 3.8) is 0 Å². The van der Waals surface area contributed by atoms with Gasteiger partial charge in [-0.3, -0.25) is 9.59 Å². The van der Waals surface area contributed by atoms with Gasteiger partial charge >= 0.3 is 35.0 Å². The number of carbonyl (C=O) groups excluding carboxylic acids is 3. The van der Waals surface area contributed by atoms with Gasteiger partial charge in [0, 0.05) is 24.8 Å². The molecule has 0 aromatic rings. The molecule has 152 valence electrons. The van der Waals surface area contributed by atoms with Crippen LogP contribution in [0, 0.1) is 0 Å². The summed E-state index contributed by atoms with van der Waals surface area (Å²) >= 11 is 0. The van der Waals surface area contributed by atoms with Crippen LogP contribution in [-0.2, 0) is 45.8 Å². The fourth-order valence-electron chi connectivity index (χ4n) is 1.40. The SMILES string of the molecule is O=C(O)CC(O)(CC(=O)O)C(=O)O.O=C([O-])CC(O)(CC(=O)[O-])C(=O)[O-].[Mn+3]. The maximum Gasteiger partial charge on any atom is 3.00 e. The molecule has 14 nitrogen and oxygen atoms in total. The normalized spacial score (nSPS) is 10.4. The standard InChI is InChI=1S/2C6H8O7.Mn/c2*7-3(8)1-6(13,5(11)12)2-4(9)10;/h2*13H,1-2H2,(H,7,8)(H,9,10)(H,11,12);/q;;+3/p-3. The van der Waals surface area contributed by atoms with Crippen molar-refractivity contribution in [3.05, 3.63) is 0 Å². The van der Waals surface area contributed by atoms with Crippen LogP contribution in [0.1, 0.15) is 25.7 Å². The van der Waals surface area contributed by atoms with Crippen LogP contribution >= 0.6 is 0 Å². The quantitative estimate of drug-likeness (QED) is 0.199. The minimum Gasteiger partial charge on any atom is -0.550 e. The number of carbonyl (C=O) groups is 6. The summed E-state index contributed by atoms with van der Waals surface area (Å²) in [5, 5.41) is 72.7. The average molecular weight is 436 g/mol. The minimum absolute atomic E-state index is 0. The third kappa shape index (κ3) is 12.3. The Morgan fingerprint density at radius 3 is 1.07 bits per heavy atom. The first-order valence-electron chi connectivity index (χ1n) is 6.28. The van der Waals surface area contributed by atoms with E-state index in [-0.39, 0.29) is 17.1 Å². The molecule has 0 atom stereocenters. The van der Waals surface area contributed by atoms with E-state index in [1.54, 1.807) is 0 Å². The van der Waals surface area contributed by atoms with E-state index < -0.39 is 72.7 Å². The van der Waals surface area contributed by atoms with Gasteiger partial charge in [-0.05, 0) is 0 Å². The molecule has 0 spiro atoms. The predicted molar refractivity (Wildman–Crippen MR) is 66.3 cm³/mol. The van der Waals surface area contributed by atoms with Crippen molar-refractivity contribution in [1.82, 2.24) is 0 Å². The second kappa shape index (κ2) is 11.8. The van der Waals surface area contributed by atoms with Gasteiger partial charge in [-0.2, -0.15) is 0 Å². The van der Waals surface area contributed by atoms with Crippen LogP contribution in [0.4, 0.5) is 0 Å². The summed E-state index contributed by atoms with van der Waals surface area (Å²) in [4.78, 5) is 60.5. The van der Waals surface area contributed by atoms with Gasteiger partial charge in [0.05, 0.1) is 18.8 Å². The maximum atomic E-state index is 10.3. The van der Waals surface area contributed by atoms with Crippen LogP contribution in [-0.4, -0.2) is 72.6 Å². The number of hydrogen-bond acceptors (Lipinski definition) is 11. The van der Waals surface area contributed by atoms with Crippen molar-refractivity contribution in [1.29, 1.82) is 0 Å². The van der Waals surface area contributed by atoms with E-state index in [2.05, 4.69) is 0 Å². The number of carboxylic acid groups (broad SMARTS) is 6. The first-order valence-corrected chi connectivity index (χ1v) is 6.28. The molecule has 0 aromatic carbocycles. The molecular formula is C12H13MnO14. The first kappa shape index (κ1) is 29.0. The van der Waals surface area contributed by atoms with Gasteiger partial charge in [-0.1, -0.05) is 0 Å². The molecule has 0 aliphatic carbocycles. The van der Waals surface area contributed by atoms with E-state index in [0.717, 1.165) is 0 Å². The molecule has 0 rings (SSSR count). The summed E-state index contributed by atoms with van der Waals surface area (Å²) in [6, 6.07) is 0. The summed E-state index contributed by atoms with van der Waals surface area (Å²) < 4.78 is 0. The van der Waals surface area contributed by atoms with Gasteiger partial charge in [0.2, 0.25) is 0 Å². The molecular weight excluding hydrogens is 423 g/mol. The molecule has 0 fully saturated rings. The molecule has 27 heavy (non-hydrogen) atoms. The molecule has 0 saturated carbocycles. The Morgan fingerprint density at radius 2 is 0.926 bits per heavy atom. The Kier molecular flexibility index (Phi) is 12.7. The summed E-state index contributed by atoms with van der Waals surface area (Å²) in [5.74, 6) is -11.0. The third-order valence-corrected chi connectivity index (χ3v) is 2.54. The number of rotatable bonds is 10. The molecule has 15 heteroatoms. The Morgan fingerprint density at radius 1 is 0.630 bits per heavy atom. The molecule has 0 radical (unpaired) electrons. The molecule has 0 aliphatic heterocycles. The van der Waals surface area contributed by atoms with Crippen LogP contribution in [0.5, 0.6) is 0 Å². The van der Waals surface area contributed by atoms with E-state index in [4.69, 9.17) is 25.5 Å². The fraction of sp³-hybridized carbons (Fsp3) is 0.500. The predicted octanol–water partition coefficient (Wildman–Crippen LogP) is -6.50. The van der Waals surface area contributed by atoms with Crippen LogP contribution in [0.25, 0.3) is 0 Å². The first-order chi connectivity index (χ1) is 11.6. The van der Waals surface area contributed by atoms with Crippen molar-refractivity contribution >= 4 is 35.8 Å². The fourth-order valence-corrected chi connectivity index (χ4v) is 1.40. The van der Waals surface area contributed by atoms with Crippen molar-refractivity contribution in [2.45, 2.75) is 36.9 Å². The van der Waals surface area contributed by atoms with Crippen molar-refractivity contribution in [2.24, 2.45) is 0 Å². The number of aliphatic hydroxyl groups is 2. The van der Waals surface area contributed by atoms with Gasteiger partial charge in [-0.15, -0.1) is 0 Å². The zero-order valence-electron chi connectivity index (χ0n) is 13.1. The summed E-state index contributed by atoms with van der Waals surface area (Å²) in [7, 11) is 0. The zero-order valence-corrected chi connectivity index (χ0v) is 14.3. The number of aliphatic carboxylic acids is 6. The molecule has 0 saturated heterocycles. The summed E-state index contributed by atoms with van der Waals surface area (Å²) in [6.45, 7) is 0. The Bertz CT molecular complexity index is 513. The van der Waals surface area contributed by atoms with E-state index in [0.29, 0.717) is 0 Å². The molecule has 0 aromatic heterocycles. The molecule has 0 bridgehead atoms. The topological polar surface area (TPSA) is 273 Å². The monoisotopic (exact) mass is 436 g/mol. The van der Waals surface area contributed by atoms with Gasteiger partial charge in [0.1, 0.15) is 5.60 Å². The Labute approximate surface area is 160 Å². The number of hydrogen-bond donors (Lipinski definition) is 5. The molecule has 0 heterocycles. The van der Waals surface area contributed by atoms with Gasteiger partial charge in [0.25, 0.3) is 0 Å². The van der Waals surface area contributed by atoms with Crippen LogP contribution < -0.4 is 15.3 Å². The van der Waals surface area contributed by atoms with Gasteiger partial charge in [-0.25, -0.2) is 4.79 Å². The van der Waals surface area contributed by atoms with Crippen molar-refractivity contribution in [2.75, 3.05) is 0 Å². The second-order valence-electron chi connectivity index (χ2n) is 4.89. The van der Waals surface area contributed by atoms with Crippen LogP contribution in [0.2, 0.25) is 0 Å². The third-order valence-electron chi connectivity index (χ3n) is 2.54. The van der Waals surface area contributed by atoms with E-state index in [9.17, 15) is 44.1 Å².